The van der Waals surface area contributed by atoms with Crippen molar-refractivity contribution in [2.75, 3.05) is 26.2 Å². The number of rotatable bonds is 4. The second-order valence-corrected chi connectivity index (χ2v) is 9.29. The Bertz CT molecular complexity index is 1310. The highest BCUT2D eigenvalue weighted by Gasteiger charge is 2.25. The first-order valence-corrected chi connectivity index (χ1v) is 11.8. The van der Waals surface area contributed by atoms with Crippen LogP contribution in [0, 0.1) is 12.7 Å². The first kappa shape index (κ1) is 21.8. The van der Waals surface area contributed by atoms with Crippen molar-refractivity contribution in [3.8, 4) is 11.3 Å². The fourth-order valence-electron chi connectivity index (χ4n) is 4.35. The van der Waals surface area contributed by atoms with Gasteiger partial charge in [0.25, 0.3) is 5.91 Å². The summed E-state index contributed by atoms with van der Waals surface area (Å²) in [6.07, 6.45) is 2.05. The number of aromatic nitrogens is 2. The van der Waals surface area contributed by atoms with Gasteiger partial charge in [0.05, 0.1) is 11.4 Å². The minimum Gasteiger partial charge on any atom is -0.336 e. The van der Waals surface area contributed by atoms with Crippen molar-refractivity contribution in [1.29, 1.82) is 0 Å². The van der Waals surface area contributed by atoms with E-state index in [9.17, 15) is 9.18 Å². The third-order valence-electron chi connectivity index (χ3n) is 6.21. The van der Waals surface area contributed by atoms with Gasteiger partial charge in [-0.2, -0.15) is 0 Å². The molecule has 0 spiro atoms. The van der Waals surface area contributed by atoms with E-state index in [1.165, 1.54) is 12.1 Å². The zero-order chi connectivity index (χ0) is 22.9. The summed E-state index contributed by atoms with van der Waals surface area (Å²) in [6.45, 7) is 5.30. The molecule has 0 saturated carbocycles. The van der Waals surface area contributed by atoms with Crippen LogP contribution in [0.1, 0.15) is 21.6 Å². The van der Waals surface area contributed by atoms with Gasteiger partial charge < -0.3 is 9.30 Å². The lowest BCUT2D eigenvalue weighted by Gasteiger charge is -2.35. The predicted molar refractivity (Wildman–Crippen MR) is 131 cm³/mol. The lowest BCUT2D eigenvalue weighted by molar-refractivity contribution is 0.0625. The number of carbonyl (C=O) groups is 1. The summed E-state index contributed by atoms with van der Waals surface area (Å²) in [5.41, 5.74) is 5.35. The fourth-order valence-corrected chi connectivity index (χ4v) is 4.62. The number of halogens is 2. The van der Waals surface area contributed by atoms with E-state index in [0.29, 0.717) is 18.7 Å². The molecule has 0 bridgehead atoms. The van der Waals surface area contributed by atoms with Crippen LogP contribution in [0.2, 0.25) is 0 Å². The van der Waals surface area contributed by atoms with E-state index in [-0.39, 0.29) is 11.7 Å². The van der Waals surface area contributed by atoms with Gasteiger partial charge in [-0.05, 0) is 48.9 Å². The maximum absolute atomic E-state index is 13.7. The first-order chi connectivity index (χ1) is 16.0. The number of hydrogen-bond donors (Lipinski definition) is 0. The lowest BCUT2D eigenvalue weighted by Crippen LogP contribution is -2.48. The summed E-state index contributed by atoms with van der Waals surface area (Å²) in [6, 6.07) is 18.6. The normalized spacial score (nSPS) is 14.7. The molecule has 4 aromatic rings. The van der Waals surface area contributed by atoms with Crippen LogP contribution in [0.15, 0.2) is 71.3 Å². The number of piperazine rings is 1. The van der Waals surface area contributed by atoms with Crippen LogP contribution in [0.4, 0.5) is 4.39 Å². The summed E-state index contributed by atoms with van der Waals surface area (Å²) in [7, 11) is 0. The monoisotopic (exact) mass is 506 g/mol. The number of aryl methyl sites for hydroxylation is 1. The minimum atomic E-state index is -0.379. The molecule has 33 heavy (non-hydrogen) atoms. The van der Waals surface area contributed by atoms with Crippen LogP contribution >= 0.6 is 15.9 Å². The van der Waals surface area contributed by atoms with Gasteiger partial charge in [-0.3, -0.25) is 9.69 Å². The second kappa shape index (κ2) is 9.08. The molecule has 2 aromatic carbocycles. The van der Waals surface area contributed by atoms with Crippen LogP contribution in [0.25, 0.3) is 16.9 Å². The Morgan fingerprint density at radius 1 is 1.03 bits per heavy atom. The van der Waals surface area contributed by atoms with Crippen LogP contribution in [-0.4, -0.2) is 51.3 Å². The predicted octanol–water partition coefficient (Wildman–Crippen LogP) is 5.17. The lowest BCUT2D eigenvalue weighted by atomic mass is 10.1. The van der Waals surface area contributed by atoms with E-state index in [1.807, 2.05) is 48.4 Å². The van der Waals surface area contributed by atoms with Crippen LogP contribution in [-0.2, 0) is 6.54 Å². The molecule has 0 atom stereocenters. The van der Waals surface area contributed by atoms with Gasteiger partial charge in [0.2, 0.25) is 0 Å². The quantitative estimate of drug-likeness (QED) is 0.383. The molecule has 5 rings (SSSR count). The summed E-state index contributed by atoms with van der Waals surface area (Å²) in [5.74, 6) is -0.479. The first-order valence-electron chi connectivity index (χ1n) is 11.0. The van der Waals surface area contributed by atoms with Crippen molar-refractivity contribution < 1.29 is 9.18 Å². The fraction of sp³-hybridized carbons (Fsp3) is 0.231. The van der Waals surface area contributed by atoms with Crippen molar-refractivity contribution in [2.45, 2.75) is 13.5 Å². The molecule has 0 unspecified atom stereocenters. The van der Waals surface area contributed by atoms with Crippen LogP contribution < -0.4 is 0 Å². The molecule has 1 saturated heterocycles. The Balaban J connectivity index is 1.35. The summed E-state index contributed by atoms with van der Waals surface area (Å²) < 4.78 is 16.9. The van der Waals surface area contributed by atoms with Crippen LogP contribution in [0.3, 0.4) is 0 Å². The third kappa shape index (κ3) is 4.43. The second-order valence-electron chi connectivity index (χ2n) is 8.37. The third-order valence-corrected chi connectivity index (χ3v) is 6.74. The number of pyridine rings is 1. The molecular formula is C26H24BrFN4O. The summed E-state index contributed by atoms with van der Waals surface area (Å²) in [5, 5.41) is 0. The van der Waals surface area contributed by atoms with Gasteiger partial charge in [0.1, 0.15) is 11.5 Å². The van der Waals surface area contributed by atoms with Crippen LogP contribution in [0.5, 0.6) is 0 Å². The maximum atomic E-state index is 13.7. The molecule has 1 aliphatic heterocycles. The average Bonchev–Trinajstić information content (AvgIpc) is 3.19. The van der Waals surface area contributed by atoms with Gasteiger partial charge >= 0.3 is 0 Å². The largest absolute Gasteiger partial charge is 0.336 e. The Kier molecular flexibility index (Phi) is 6.00. The number of hydrogen-bond acceptors (Lipinski definition) is 3. The minimum absolute atomic E-state index is 0.1000. The van der Waals surface area contributed by atoms with Crippen molar-refractivity contribution in [2.24, 2.45) is 0 Å². The molecule has 1 amide bonds. The Morgan fingerprint density at radius 3 is 2.55 bits per heavy atom. The zero-order valence-electron chi connectivity index (χ0n) is 18.3. The Labute approximate surface area is 200 Å². The van der Waals surface area contributed by atoms with Crippen molar-refractivity contribution in [1.82, 2.24) is 19.2 Å². The standard InChI is InChI=1S/C26H24BrFN4O/c1-18-5-10-21(28)16-22(18)26(33)31-14-12-30(13-15-31)17-23-25(19-6-8-20(27)9-7-19)29-24-4-2-3-11-32(23)24/h2-11,16H,12-15,17H2,1H3. The average molecular weight is 507 g/mol. The number of amides is 1. The number of carbonyl (C=O) groups excluding carboxylic acids is 1. The van der Waals surface area contributed by atoms with Gasteiger partial charge in [-0.1, -0.05) is 40.2 Å². The molecule has 1 fully saturated rings. The molecule has 0 aliphatic carbocycles. The van der Waals surface area contributed by atoms with E-state index in [2.05, 4.69) is 37.4 Å². The molecule has 3 heterocycles. The Morgan fingerprint density at radius 2 is 1.79 bits per heavy atom. The van der Waals surface area contributed by atoms with Crippen molar-refractivity contribution in [3.63, 3.8) is 0 Å². The summed E-state index contributed by atoms with van der Waals surface area (Å²) >= 11 is 3.51. The molecule has 7 heteroatoms. The summed E-state index contributed by atoms with van der Waals surface area (Å²) in [4.78, 5) is 22.0. The Hall–Kier alpha value is -3.03. The molecule has 0 N–H and O–H groups in total. The molecule has 5 nitrogen and oxygen atoms in total. The van der Waals surface area contributed by atoms with E-state index in [0.717, 1.165) is 52.3 Å². The number of nitrogens with zero attached hydrogens (tertiary/aromatic N) is 4. The smallest absolute Gasteiger partial charge is 0.254 e. The maximum Gasteiger partial charge on any atom is 0.254 e. The van der Waals surface area contributed by atoms with Crippen molar-refractivity contribution >= 4 is 27.5 Å². The van der Waals surface area contributed by atoms with Gasteiger partial charge in [-0.15, -0.1) is 0 Å². The van der Waals surface area contributed by atoms with E-state index < -0.39 is 0 Å². The topological polar surface area (TPSA) is 40.9 Å². The van der Waals surface area contributed by atoms with E-state index >= 15 is 0 Å². The highest BCUT2D eigenvalue weighted by Crippen LogP contribution is 2.27. The molecule has 2 aromatic heterocycles. The number of imidazole rings is 1. The SMILES string of the molecule is Cc1ccc(F)cc1C(=O)N1CCN(Cc2c(-c3ccc(Br)cc3)nc3ccccn23)CC1. The van der Waals surface area contributed by atoms with E-state index in [4.69, 9.17) is 4.98 Å². The molecular weight excluding hydrogens is 483 g/mol. The number of fused-ring (bicyclic) bond motifs is 1. The van der Waals surface area contributed by atoms with E-state index in [1.54, 1.807) is 6.07 Å². The zero-order valence-corrected chi connectivity index (χ0v) is 19.9. The highest BCUT2D eigenvalue weighted by molar-refractivity contribution is 9.10. The number of benzene rings is 2. The molecule has 1 aliphatic rings. The molecule has 0 radical (unpaired) electrons. The van der Waals surface area contributed by atoms with Gasteiger partial charge in [0.15, 0.2) is 0 Å². The van der Waals surface area contributed by atoms with Gasteiger partial charge in [0, 0.05) is 54.5 Å². The molecule has 168 valence electrons. The van der Waals surface area contributed by atoms with Crippen molar-refractivity contribution in [3.05, 3.63) is 94.0 Å². The highest BCUT2D eigenvalue weighted by atomic mass is 79.9. The van der Waals surface area contributed by atoms with Gasteiger partial charge in [-0.25, -0.2) is 9.37 Å².